The number of likely N-dealkylation sites (tertiary alicyclic amines) is 1. The van der Waals surface area contributed by atoms with Gasteiger partial charge in [-0.1, -0.05) is 29.9 Å². The Kier molecular flexibility index (Phi) is 4.75. The number of benzene rings is 1. The number of halogens is 3. The predicted molar refractivity (Wildman–Crippen MR) is 94.7 cm³/mol. The molecule has 3 rings (SSSR count). The van der Waals surface area contributed by atoms with Gasteiger partial charge in [-0.15, -0.1) is 0 Å². The van der Waals surface area contributed by atoms with Crippen molar-refractivity contribution in [1.29, 1.82) is 0 Å². The summed E-state index contributed by atoms with van der Waals surface area (Å²) in [6.07, 6.45) is 0. The Morgan fingerprint density at radius 2 is 2.12 bits per heavy atom. The number of nitrogens with zero attached hydrogens (tertiary/aromatic N) is 3. The molecule has 1 aliphatic heterocycles. The van der Waals surface area contributed by atoms with E-state index in [1.807, 2.05) is 0 Å². The Morgan fingerprint density at radius 3 is 2.76 bits per heavy atom. The summed E-state index contributed by atoms with van der Waals surface area (Å²) in [7, 11) is 3.51. The number of rotatable bonds is 3. The van der Waals surface area contributed by atoms with E-state index in [0.29, 0.717) is 16.7 Å². The molecule has 1 fully saturated rings. The van der Waals surface area contributed by atoms with Gasteiger partial charge in [-0.3, -0.25) is 9.48 Å². The minimum atomic E-state index is -1.10. The third-order valence-electron chi connectivity index (χ3n) is 4.27. The highest BCUT2D eigenvalue weighted by Crippen LogP contribution is 2.35. The standard InChI is InChI=1S/C16H15ClF2N4OS/c1-22-7-8(11-6-12(17)21-23(11)2)13(16(22)25)15(24)20-10-5-3-4-9(18)14(10)19/h3-6,8,13H,7H2,1-2H3,(H,20,24)/t8-,13+/m1/s1. The number of hydrogen-bond donors (Lipinski definition) is 1. The van der Waals surface area contributed by atoms with Crippen LogP contribution in [0.4, 0.5) is 14.5 Å². The second-order valence-electron chi connectivity index (χ2n) is 5.91. The lowest BCUT2D eigenvalue weighted by Crippen LogP contribution is -2.32. The van der Waals surface area contributed by atoms with Gasteiger partial charge in [-0.2, -0.15) is 5.10 Å². The maximum Gasteiger partial charge on any atom is 0.235 e. The number of carbonyl (C=O) groups excluding carboxylic acids is 1. The molecule has 2 aromatic rings. The molecule has 5 nitrogen and oxygen atoms in total. The van der Waals surface area contributed by atoms with E-state index in [-0.39, 0.29) is 11.6 Å². The van der Waals surface area contributed by atoms with E-state index in [1.165, 1.54) is 12.1 Å². The molecule has 0 bridgehead atoms. The first-order valence-electron chi connectivity index (χ1n) is 7.49. The minimum absolute atomic E-state index is 0.218. The molecule has 1 N–H and O–H groups in total. The summed E-state index contributed by atoms with van der Waals surface area (Å²) >= 11 is 11.3. The molecular weight excluding hydrogens is 370 g/mol. The van der Waals surface area contributed by atoms with Crippen LogP contribution in [-0.2, 0) is 11.8 Å². The van der Waals surface area contributed by atoms with Crippen molar-refractivity contribution >= 4 is 40.4 Å². The lowest BCUT2D eigenvalue weighted by atomic mass is 9.91. The van der Waals surface area contributed by atoms with E-state index >= 15 is 0 Å². The van der Waals surface area contributed by atoms with Crippen molar-refractivity contribution in [1.82, 2.24) is 14.7 Å². The number of amides is 1. The van der Waals surface area contributed by atoms with Gasteiger partial charge < -0.3 is 10.2 Å². The van der Waals surface area contributed by atoms with E-state index in [0.717, 1.165) is 11.8 Å². The summed E-state index contributed by atoms with van der Waals surface area (Å²) in [5, 5.41) is 6.84. The van der Waals surface area contributed by atoms with Gasteiger partial charge in [0.05, 0.1) is 16.6 Å². The molecule has 1 aromatic heterocycles. The zero-order chi connectivity index (χ0) is 18.3. The molecule has 1 saturated heterocycles. The first-order valence-corrected chi connectivity index (χ1v) is 8.27. The predicted octanol–water partition coefficient (Wildman–Crippen LogP) is 2.96. The van der Waals surface area contributed by atoms with Crippen LogP contribution < -0.4 is 5.32 Å². The number of thiocarbonyl (C=S) groups is 1. The number of anilines is 1. The van der Waals surface area contributed by atoms with Gasteiger partial charge in [0, 0.05) is 32.3 Å². The number of carbonyl (C=O) groups is 1. The second kappa shape index (κ2) is 6.68. The van der Waals surface area contributed by atoms with E-state index in [2.05, 4.69) is 10.4 Å². The van der Waals surface area contributed by atoms with Crippen LogP contribution in [-0.4, -0.2) is 39.2 Å². The minimum Gasteiger partial charge on any atom is -0.368 e. The van der Waals surface area contributed by atoms with Crippen LogP contribution in [0.2, 0.25) is 5.15 Å². The lowest BCUT2D eigenvalue weighted by Gasteiger charge is -2.18. The Hall–Kier alpha value is -2.06. The van der Waals surface area contributed by atoms with Crippen LogP contribution in [0.5, 0.6) is 0 Å². The first kappa shape index (κ1) is 17.8. The zero-order valence-electron chi connectivity index (χ0n) is 13.5. The molecule has 25 heavy (non-hydrogen) atoms. The molecular formula is C16H15ClF2N4OS. The lowest BCUT2D eigenvalue weighted by molar-refractivity contribution is -0.118. The fourth-order valence-corrected chi connectivity index (χ4v) is 3.63. The van der Waals surface area contributed by atoms with Crippen molar-refractivity contribution in [2.75, 3.05) is 18.9 Å². The van der Waals surface area contributed by atoms with Gasteiger partial charge in [-0.05, 0) is 18.2 Å². The monoisotopic (exact) mass is 384 g/mol. The van der Waals surface area contributed by atoms with Gasteiger partial charge in [0.15, 0.2) is 16.8 Å². The van der Waals surface area contributed by atoms with E-state index < -0.39 is 23.5 Å². The maximum atomic E-state index is 13.8. The van der Waals surface area contributed by atoms with Crippen LogP contribution in [0, 0.1) is 17.6 Å². The van der Waals surface area contributed by atoms with E-state index in [1.54, 1.807) is 29.7 Å². The van der Waals surface area contributed by atoms with Gasteiger partial charge in [-0.25, -0.2) is 8.78 Å². The second-order valence-corrected chi connectivity index (χ2v) is 6.71. The molecule has 132 valence electrons. The zero-order valence-corrected chi connectivity index (χ0v) is 15.0. The van der Waals surface area contributed by atoms with Gasteiger partial charge in [0.25, 0.3) is 0 Å². The fourth-order valence-electron chi connectivity index (χ4n) is 3.06. The molecule has 0 unspecified atom stereocenters. The van der Waals surface area contributed by atoms with Crippen molar-refractivity contribution in [2.45, 2.75) is 5.92 Å². The normalized spacial score (nSPS) is 20.2. The van der Waals surface area contributed by atoms with Gasteiger partial charge in [0.1, 0.15) is 0 Å². The summed E-state index contributed by atoms with van der Waals surface area (Å²) < 4.78 is 28.8. The maximum absolute atomic E-state index is 13.8. The largest absolute Gasteiger partial charge is 0.368 e. The molecule has 1 amide bonds. The third kappa shape index (κ3) is 3.23. The summed E-state index contributed by atoms with van der Waals surface area (Å²) in [6.45, 7) is 0.498. The molecule has 9 heteroatoms. The van der Waals surface area contributed by atoms with E-state index in [4.69, 9.17) is 23.8 Å². The SMILES string of the molecule is CN1C[C@H](c2cc(Cl)nn2C)[C@@H](C(=O)Nc2cccc(F)c2F)C1=S. The van der Waals surface area contributed by atoms with Crippen LogP contribution in [0.3, 0.4) is 0 Å². The molecule has 0 radical (unpaired) electrons. The molecule has 0 aliphatic carbocycles. The molecule has 2 atom stereocenters. The number of hydrogen-bond acceptors (Lipinski definition) is 3. The van der Waals surface area contributed by atoms with Crippen molar-refractivity contribution in [3.63, 3.8) is 0 Å². The van der Waals surface area contributed by atoms with Crippen LogP contribution >= 0.6 is 23.8 Å². The molecule has 2 heterocycles. The first-order chi connectivity index (χ1) is 11.8. The molecule has 1 aromatic carbocycles. The highest BCUT2D eigenvalue weighted by molar-refractivity contribution is 7.80. The number of aromatic nitrogens is 2. The summed E-state index contributed by atoms with van der Waals surface area (Å²) in [5.41, 5.74) is 0.528. The van der Waals surface area contributed by atoms with Crippen molar-refractivity contribution in [3.8, 4) is 0 Å². The number of nitrogens with one attached hydrogen (secondary N) is 1. The van der Waals surface area contributed by atoms with Crippen LogP contribution in [0.1, 0.15) is 11.6 Å². The molecule has 0 spiro atoms. The van der Waals surface area contributed by atoms with E-state index in [9.17, 15) is 13.6 Å². The van der Waals surface area contributed by atoms with Crippen molar-refractivity contribution in [3.05, 3.63) is 46.7 Å². The third-order valence-corrected chi connectivity index (χ3v) is 5.02. The van der Waals surface area contributed by atoms with Crippen LogP contribution in [0.15, 0.2) is 24.3 Å². The summed E-state index contributed by atoms with van der Waals surface area (Å²) in [6, 6.07) is 5.29. The molecule has 0 saturated carbocycles. The Labute approximate surface area is 153 Å². The average Bonchev–Trinajstić information content (AvgIpc) is 3.03. The number of aryl methyl sites for hydroxylation is 1. The quantitative estimate of drug-likeness (QED) is 0.827. The fraction of sp³-hybridized carbons (Fsp3) is 0.312. The summed E-state index contributed by atoms with van der Waals surface area (Å²) in [5.74, 6) is -3.64. The Morgan fingerprint density at radius 1 is 1.40 bits per heavy atom. The smallest absolute Gasteiger partial charge is 0.235 e. The number of likely N-dealkylation sites (N-methyl/N-ethyl adjacent to an activating group) is 1. The summed E-state index contributed by atoms with van der Waals surface area (Å²) in [4.78, 5) is 15.0. The van der Waals surface area contributed by atoms with Gasteiger partial charge >= 0.3 is 0 Å². The topological polar surface area (TPSA) is 50.2 Å². The highest BCUT2D eigenvalue weighted by atomic mass is 35.5. The van der Waals surface area contributed by atoms with Crippen molar-refractivity contribution in [2.24, 2.45) is 13.0 Å². The Balaban J connectivity index is 1.92. The van der Waals surface area contributed by atoms with Crippen LogP contribution in [0.25, 0.3) is 0 Å². The van der Waals surface area contributed by atoms with Gasteiger partial charge in [0.2, 0.25) is 5.91 Å². The Bertz CT molecular complexity index is 857. The average molecular weight is 385 g/mol. The highest BCUT2D eigenvalue weighted by Gasteiger charge is 2.43. The van der Waals surface area contributed by atoms with Crippen molar-refractivity contribution < 1.29 is 13.6 Å². The molecule has 1 aliphatic rings.